The Hall–Kier alpha value is -1.75. The molecule has 0 aliphatic carbocycles. The standard InChI is InChI=1S/C18H26N2O3/c1-22-17-7-3-2-6-16(17)20-11-10-14(13-20)19-18(21)9-8-15-5-4-12-23-15/h2-3,6-7,14-15H,4-5,8-13H2,1H3,(H,19,21). The zero-order valence-electron chi connectivity index (χ0n) is 13.8. The van der Waals surface area contributed by atoms with Gasteiger partial charge in [0.25, 0.3) is 0 Å². The third kappa shape index (κ3) is 4.16. The maximum Gasteiger partial charge on any atom is 0.220 e. The lowest BCUT2D eigenvalue weighted by molar-refractivity contribution is -0.122. The summed E-state index contributed by atoms with van der Waals surface area (Å²) in [6, 6.07) is 8.26. The predicted octanol–water partition coefficient (Wildman–Crippen LogP) is 2.35. The maximum absolute atomic E-state index is 12.1. The Kier molecular flexibility index (Phi) is 5.39. The number of rotatable bonds is 6. The second kappa shape index (κ2) is 7.68. The van der Waals surface area contributed by atoms with E-state index in [0.29, 0.717) is 6.42 Å². The van der Waals surface area contributed by atoms with Gasteiger partial charge in [-0.1, -0.05) is 12.1 Å². The second-order valence-electron chi connectivity index (χ2n) is 6.34. The molecule has 1 aromatic rings. The molecule has 2 aliphatic rings. The Morgan fingerprint density at radius 3 is 3.04 bits per heavy atom. The van der Waals surface area contributed by atoms with E-state index in [1.54, 1.807) is 7.11 Å². The molecule has 1 N–H and O–H groups in total. The van der Waals surface area contributed by atoms with Crippen molar-refractivity contribution >= 4 is 11.6 Å². The summed E-state index contributed by atoms with van der Waals surface area (Å²) in [5, 5.41) is 3.16. The van der Waals surface area contributed by atoms with Crippen molar-refractivity contribution in [3.63, 3.8) is 0 Å². The van der Waals surface area contributed by atoms with Crippen LogP contribution in [0, 0.1) is 0 Å². The first-order valence-corrected chi connectivity index (χ1v) is 8.55. The van der Waals surface area contributed by atoms with Crippen molar-refractivity contribution in [2.75, 3.05) is 31.7 Å². The van der Waals surface area contributed by atoms with Gasteiger partial charge >= 0.3 is 0 Å². The number of hydrogen-bond acceptors (Lipinski definition) is 4. The molecule has 2 atom stereocenters. The molecule has 5 nitrogen and oxygen atoms in total. The molecule has 23 heavy (non-hydrogen) atoms. The van der Waals surface area contributed by atoms with Crippen molar-refractivity contribution in [3.05, 3.63) is 24.3 Å². The highest BCUT2D eigenvalue weighted by molar-refractivity contribution is 5.76. The van der Waals surface area contributed by atoms with Gasteiger partial charge in [0.05, 0.1) is 18.9 Å². The number of ether oxygens (including phenoxy) is 2. The van der Waals surface area contributed by atoms with E-state index in [0.717, 1.165) is 56.8 Å². The summed E-state index contributed by atoms with van der Waals surface area (Å²) < 4.78 is 11.0. The van der Waals surface area contributed by atoms with Gasteiger partial charge in [-0.15, -0.1) is 0 Å². The lowest BCUT2D eigenvalue weighted by Gasteiger charge is -2.21. The fourth-order valence-electron chi connectivity index (χ4n) is 3.45. The largest absolute Gasteiger partial charge is 0.495 e. The summed E-state index contributed by atoms with van der Waals surface area (Å²) in [6.07, 6.45) is 4.89. The molecule has 126 valence electrons. The molecule has 0 aromatic heterocycles. The van der Waals surface area contributed by atoms with Gasteiger partial charge < -0.3 is 19.7 Å². The minimum Gasteiger partial charge on any atom is -0.495 e. The number of nitrogens with one attached hydrogen (secondary N) is 1. The molecular formula is C18H26N2O3. The van der Waals surface area contributed by atoms with E-state index in [4.69, 9.17) is 9.47 Å². The number of para-hydroxylation sites is 2. The van der Waals surface area contributed by atoms with Crippen molar-refractivity contribution < 1.29 is 14.3 Å². The SMILES string of the molecule is COc1ccccc1N1CCC(NC(=O)CCC2CCCO2)C1. The van der Waals surface area contributed by atoms with Crippen molar-refractivity contribution in [2.45, 2.75) is 44.2 Å². The van der Waals surface area contributed by atoms with Crippen molar-refractivity contribution in [1.82, 2.24) is 5.32 Å². The fourth-order valence-corrected chi connectivity index (χ4v) is 3.45. The Balaban J connectivity index is 1.46. The summed E-state index contributed by atoms with van der Waals surface area (Å²) in [5.41, 5.74) is 1.10. The van der Waals surface area contributed by atoms with E-state index in [9.17, 15) is 4.79 Å². The van der Waals surface area contributed by atoms with Crippen molar-refractivity contribution in [1.29, 1.82) is 0 Å². The van der Waals surface area contributed by atoms with Gasteiger partial charge in [-0.05, 0) is 37.8 Å². The minimum absolute atomic E-state index is 0.146. The number of hydrogen-bond donors (Lipinski definition) is 1. The number of amides is 1. The third-order valence-corrected chi connectivity index (χ3v) is 4.70. The monoisotopic (exact) mass is 318 g/mol. The molecule has 0 saturated carbocycles. The average Bonchev–Trinajstić information content (AvgIpc) is 3.24. The van der Waals surface area contributed by atoms with Gasteiger partial charge in [0.1, 0.15) is 5.75 Å². The lowest BCUT2D eigenvalue weighted by atomic mass is 10.1. The first-order valence-electron chi connectivity index (χ1n) is 8.55. The molecule has 0 radical (unpaired) electrons. The van der Waals surface area contributed by atoms with Gasteiger partial charge in [-0.25, -0.2) is 0 Å². The Morgan fingerprint density at radius 2 is 2.26 bits per heavy atom. The summed E-state index contributed by atoms with van der Waals surface area (Å²) in [5.74, 6) is 1.03. The normalized spacial score (nSPS) is 24.0. The molecule has 2 saturated heterocycles. The van der Waals surface area contributed by atoms with E-state index in [-0.39, 0.29) is 18.1 Å². The number of nitrogens with zero attached hydrogens (tertiary/aromatic N) is 1. The lowest BCUT2D eigenvalue weighted by Crippen LogP contribution is -2.37. The highest BCUT2D eigenvalue weighted by atomic mass is 16.5. The molecule has 5 heteroatoms. The Bertz CT molecular complexity index is 529. The van der Waals surface area contributed by atoms with Crippen LogP contribution in [0.5, 0.6) is 5.75 Å². The van der Waals surface area contributed by atoms with Crippen LogP contribution in [-0.2, 0) is 9.53 Å². The Labute approximate surface area is 137 Å². The zero-order chi connectivity index (χ0) is 16.1. The highest BCUT2D eigenvalue weighted by Crippen LogP contribution is 2.30. The second-order valence-corrected chi connectivity index (χ2v) is 6.34. The Morgan fingerprint density at radius 1 is 1.39 bits per heavy atom. The summed E-state index contributed by atoms with van der Waals surface area (Å²) in [4.78, 5) is 14.4. The molecule has 3 rings (SSSR count). The van der Waals surface area contributed by atoms with Crippen LogP contribution in [-0.4, -0.2) is 44.9 Å². The molecule has 2 aliphatic heterocycles. The molecule has 1 aromatic carbocycles. The summed E-state index contributed by atoms with van der Waals surface area (Å²) in [7, 11) is 1.69. The van der Waals surface area contributed by atoms with Crippen LogP contribution >= 0.6 is 0 Å². The average molecular weight is 318 g/mol. The summed E-state index contributed by atoms with van der Waals surface area (Å²) in [6.45, 7) is 2.63. The molecule has 2 unspecified atom stereocenters. The van der Waals surface area contributed by atoms with E-state index in [1.807, 2.05) is 18.2 Å². The molecule has 0 bridgehead atoms. The van der Waals surface area contributed by atoms with Gasteiger partial charge in [0, 0.05) is 32.2 Å². The van der Waals surface area contributed by atoms with Crippen LogP contribution in [0.2, 0.25) is 0 Å². The topological polar surface area (TPSA) is 50.8 Å². The van der Waals surface area contributed by atoms with Crippen LogP contribution in [0.3, 0.4) is 0 Å². The fraction of sp³-hybridized carbons (Fsp3) is 0.611. The van der Waals surface area contributed by atoms with E-state index in [2.05, 4.69) is 16.3 Å². The van der Waals surface area contributed by atoms with E-state index < -0.39 is 0 Å². The number of carbonyl (C=O) groups excluding carboxylic acids is 1. The van der Waals surface area contributed by atoms with Crippen LogP contribution in [0.25, 0.3) is 0 Å². The summed E-state index contributed by atoms with van der Waals surface area (Å²) >= 11 is 0. The minimum atomic E-state index is 0.146. The smallest absolute Gasteiger partial charge is 0.220 e. The number of methoxy groups -OCH3 is 1. The zero-order valence-corrected chi connectivity index (χ0v) is 13.8. The van der Waals surface area contributed by atoms with Crippen LogP contribution in [0.1, 0.15) is 32.1 Å². The van der Waals surface area contributed by atoms with Crippen LogP contribution < -0.4 is 15.0 Å². The van der Waals surface area contributed by atoms with Crippen LogP contribution in [0.4, 0.5) is 5.69 Å². The van der Waals surface area contributed by atoms with E-state index in [1.165, 1.54) is 0 Å². The number of benzene rings is 1. The molecule has 1 amide bonds. The number of carbonyl (C=O) groups is 1. The quantitative estimate of drug-likeness (QED) is 0.875. The van der Waals surface area contributed by atoms with Crippen molar-refractivity contribution in [2.24, 2.45) is 0 Å². The van der Waals surface area contributed by atoms with Gasteiger partial charge in [0.2, 0.25) is 5.91 Å². The molecule has 0 spiro atoms. The maximum atomic E-state index is 12.1. The van der Waals surface area contributed by atoms with Gasteiger partial charge in [0.15, 0.2) is 0 Å². The van der Waals surface area contributed by atoms with Crippen molar-refractivity contribution in [3.8, 4) is 5.75 Å². The highest BCUT2D eigenvalue weighted by Gasteiger charge is 2.26. The van der Waals surface area contributed by atoms with Gasteiger partial charge in [-0.3, -0.25) is 4.79 Å². The number of anilines is 1. The molecular weight excluding hydrogens is 292 g/mol. The molecule has 2 heterocycles. The van der Waals surface area contributed by atoms with Crippen LogP contribution in [0.15, 0.2) is 24.3 Å². The van der Waals surface area contributed by atoms with Gasteiger partial charge in [-0.2, -0.15) is 0 Å². The molecule has 2 fully saturated rings. The first-order chi connectivity index (χ1) is 11.3. The predicted molar refractivity (Wildman–Crippen MR) is 90.0 cm³/mol. The first kappa shape index (κ1) is 16.1. The third-order valence-electron chi connectivity index (χ3n) is 4.70. The van der Waals surface area contributed by atoms with E-state index >= 15 is 0 Å².